The molecule has 0 bridgehead atoms. The highest BCUT2D eigenvalue weighted by molar-refractivity contribution is 5.81. The van der Waals surface area contributed by atoms with Crippen molar-refractivity contribution in [2.24, 2.45) is 5.92 Å². The predicted molar refractivity (Wildman–Crippen MR) is 91.1 cm³/mol. The highest BCUT2D eigenvalue weighted by Gasteiger charge is 2.34. The minimum atomic E-state index is 0.296. The molecule has 1 amide bonds. The fourth-order valence-corrected chi connectivity index (χ4v) is 2.90. The van der Waals surface area contributed by atoms with Gasteiger partial charge in [0.25, 0.3) is 0 Å². The third-order valence-electron chi connectivity index (χ3n) is 4.42. The maximum atomic E-state index is 12.1. The molecule has 0 unspecified atom stereocenters. The van der Waals surface area contributed by atoms with Crippen LogP contribution >= 0.6 is 0 Å². The van der Waals surface area contributed by atoms with E-state index >= 15 is 0 Å². The Morgan fingerprint density at radius 3 is 2.58 bits per heavy atom. The molecule has 1 saturated heterocycles. The number of nitrogens with zero attached hydrogens (tertiary/aromatic N) is 5. The quantitative estimate of drug-likeness (QED) is 0.922. The first-order valence-electron chi connectivity index (χ1n) is 8.33. The number of rotatable bonds is 4. The van der Waals surface area contributed by atoms with Gasteiger partial charge >= 0.3 is 0 Å². The van der Waals surface area contributed by atoms with Crippen molar-refractivity contribution in [3.63, 3.8) is 0 Å². The lowest BCUT2D eigenvalue weighted by molar-refractivity contribution is -0.132. The standard InChI is InChI=1S/C17H20N6O/c24-17(13-4-5-13)23-9-7-22(8-10-23)16-11-15(19-12-20-16)21-14-3-1-2-6-18-14/h1-3,6,11-13H,4-5,7-10H2,(H,18,19,20,21). The van der Waals surface area contributed by atoms with Crippen LogP contribution in [0.2, 0.25) is 0 Å². The van der Waals surface area contributed by atoms with Crippen LogP contribution in [-0.4, -0.2) is 51.9 Å². The molecule has 4 rings (SSSR count). The van der Waals surface area contributed by atoms with Crippen LogP contribution < -0.4 is 10.2 Å². The third-order valence-corrected chi connectivity index (χ3v) is 4.42. The van der Waals surface area contributed by atoms with Gasteiger partial charge in [-0.05, 0) is 25.0 Å². The van der Waals surface area contributed by atoms with Crippen molar-refractivity contribution in [2.45, 2.75) is 12.8 Å². The molecule has 1 aliphatic carbocycles. The number of amides is 1. The van der Waals surface area contributed by atoms with Gasteiger partial charge in [-0.1, -0.05) is 6.07 Å². The van der Waals surface area contributed by atoms with E-state index in [4.69, 9.17) is 0 Å². The number of aromatic nitrogens is 3. The number of piperazine rings is 1. The van der Waals surface area contributed by atoms with Crippen molar-refractivity contribution in [2.75, 3.05) is 36.4 Å². The van der Waals surface area contributed by atoms with Crippen LogP contribution in [0.15, 0.2) is 36.8 Å². The second kappa shape index (κ2) is 6.43. The molecule has 7 nitrogen and oxygen atoms in total. The lowest BCUT2D eigenvalue weighted by Crippen LogP contribution is -2.49. The minimum absolute atomic E-state index is 0.296. The molecule has 2 aliphatic rings. The van der Waals surface area contributed by atoms with E-state index in [-0.39, 0.29) is 0 Å². The van der Waals surface area contributed by atoms with Crippen LogP contribution in [0, 0.1) is 5.92 Å². The number of carbonyl (C=O) groups is 1. The molecular weight excluding hydrogens is 304 g/mol. The summed E-state index contributed by atoms with van der Waals surface area (Å²) in [6.45, 7) is 3.14. The number of carbonyl (C=O) groups excluding carboxylic acids is 1. The lowest BCUT2D eigenvalue weighted by atomic mass is 10.2. The Morgan fingerprint density at radius 2 is 1.88 bits per heavy atom. The Hall–Kier alpha value is -2.70. The number of anilines is 3. The van der Waals surface area contributed by atoms with Crippen molar-refractivity contribution >= 4 is 23.4 Å². The van der Waals surface area contributed by atoms with Crippen molar-refractivity contribution in [1.82, 2.24) is 19.9 Å². The molecule has 0 radical (unpaired) electrons. The lowest BCUT2D eigenvalue weighted by Gasteiger charge is -2.35. The van der Waals surface area contributed by atoms with Crippen LogP contribution in [0.1, 0.15) is 12.8 Å². The van der Waals surface area contributed by atoms with E-state index in [0.29, 0.717) is 11.8 Å². The highest BCUT2D eigenvalue weighted by Crippen LogP contribution is 2.31. The van der Waals surface area contributed by atoms with Gasteiger partial charge < -0.3 is 15.1 Å². The smallest absolute Gasteiger partial charge is 0.225 e. The van der Waals surface area contributed by atoms with Crippen LogP contribution in [0.25, 0.3) is 0 Å². The summed E-state index contributed by atoms with van der Waals surface area (Å²) in [6, 6.07) is 7.61. The average molecular weight is 324 g/mol. The highest BCUT2D eigenvalue weighted by atomic mass is 16.2. The second-order valence-corrected chi connectivity index (χ2v) is 6.19. The maximum Gasteiger partial charge on any atom is 0.225 e. The van der Waals surface area contributed by atoms with Gasteiger partial charge in [0, 0.05) is 44.4 Å². The van der Waals surface area contributed by atoms with Gasteiger partial charge in [0.15, 0.2) is 0 Å². The Balaban J connectivity index is 1.40. The van der Waals surface area contributed by atoms with Gasteiger partial charge in [-0.3, -0.25) is 4.79 Å². The molecule has 2 fully saturated rings. The van der Waals surface area contributed by atoms with Crippen LogP contribution in [0.4, 0.5) is 17.5 Å². The van der Waals surface area contributed by atoms with E-state index in [1.165, 1.54) is 0 Å². The number of nitrogens with one attached hydrogen (secondary N) is 1. The molecular formula is C17H20N6O. The van der Waals surface area contributed by atoms with E-state index in [9.17, 15) is 4.79 Å². The van der Waals surface area contributed by atoms with Crippen LogP contribution in [0.3, 0.4) is 0 Å². The summed E-state index contributed by atoms with van der Waals surface area (Å²) in [6.07, 6.45) is 5.42. The third kappa shape index (κ3) is 3.29. The van der Waals surface area contributed by atoms with Crippen molar-refractivity contribution in [3.05, 3.63) is 36.8 Å². The van der Waals surface area contributed by atoms with E-state index < -0.39 is 0 Å². The summed E-state index contributed by atoms with van der Waals surface area (Å²) >= 11 is 0. The fourth-order valence-electron chi connectivity index (χ4n) is 2.90. The molecule has 1 aliphatic heterocycles. The molecule has 3 heterocycles. The van der Waals surface area contributed by atoms with Crippen molar-refractivity contribution in [1.29, 1.82) is 0 Å². The summed E-state index contributed by atoms with van der Waals surface area (Å²) in [5, 5.41) is 3.18. The van der Waals surface area contributed by atoms with Gasteiger partial charge in [0.1, 0.15) is 23.8 Å². The van der Waals surface area contributed by atoms with Gasteiger partial charge in [-0.15, -0.1) is 0 Å². The second-order valence-electron chi connectivity index (χ2n) is 6.19. The largest absolute Gasteiger partial charge is 0.353 e. The normalized spacial score (nSPS) is 17.7. The molecule has 124 valence electrons. The zero-order valence-electron chi connectivity index (χ0n) is 13.4. The van der Waals surface area contributed by atoms with E-state index in [2.05, 4.69) is 25.2 Å². The summed E-state index contributed by atoms with van der Waals surface area (Å²) in [4.78, 5) is 29.2. The van der Waals surface area contributed by atoms with E-state index in [0.717, 1.165) is 56.5 Å². The summed E-state index contributed by atoms with van der Waals surface area (Å²) in [5.74, 6) is 2.97. The van der Waals surface area contributed by atoms with Crippen LogP contribution in [-0.2, 0) is 4.79 Å². The summed E-state index contributed by atoms with van der Waals surface area (Å²) in [7, 11) is 0. The monoisotopic (exact) mass is 324 g/mol. The SMILES string of the molecule is O=C(C1CC1)N1CCN(c2cc(Nc3ccccn3)ncn2)CC1. The average Bonchev–Trinajstić information content (AvgIpc) is 3.48. The molecule has 0 spiro atoms. The van der Waals surface area contributed by atoms with Crippen molar-refractivity contribution < 1.29 is 4.79 Å². The summed E-state index contributed by atoms with van der Waals surface area (Å²) in [5.41, 5.74) is 0. The first-order chi connectivity index (χ1) is 11.8. The molecule has 7 heteroatoms. The van der Waals surface area contributed by atoms with Crippen LogP contribution in [0.5, 0.6) is 0 Å². The van der Waals surface area contributed by atoms with Gasteiger partial charge in [0.05, 0.1) is 0 Å². The topological polar surface area (TPSA) is 74.2 Å². The number of hydrogen-bond donors (Lipinski definition) is 1. The Morgan fingerprint density at radius 1 is 1.04 bits per heavy atom. The molecule has 0 aromatic carbocycles. The van der Waals surface area contributed by atoms with E-state index in [1.54, 1.807) is 12.5 Å². The molecule has 0 atom stereocenters. The predicted octanol–water partition coefficient (Wildman–Crippen LogP) is 1.67. The molecule has 1 saturated carbocycles. The van der Waals surface area contributed by atoms with E-state index in [1.807, 2.05) is 29.2 Å². The first-order valence-corrected chi connectivity index (χ1v) is 8.33. The van der Waals surface area contributed by atoms with Gasteiger partial charge in [-0.25, -0.2) is 15.0 Å². The zero-order chi connectivity index (χ0) is 16.4. The molecule has 24 heavy (non-hydrogen) atoms. The fraction of sp³-hybridized carbons (Fsp3) is 0.412. The first kappa shape index (κ1) is 14.9. The zero-order valence-corrected chi connectivity index (χ0v) is 13.4. The Kier molecular flexibility index (Phi) is 3.98. The Labute approximate surface area is 140 Å². The maximum absolute atomic E-state index is 12.1. The number of pyridine rings is 1. The van der Waals surface area contributed by atoms with Crippen molar-refractivity contribution in [3.8, 4) is 0 Å². The molecule has 1 N–H and O–H groups in total. The van der Waals surface area contributed by atoms with Gasteiger partial charge in [-0.2, -0.15) is 0 Å². The summed E-state index contributed by atoms with van der Waals surface area (Å²) < 4.78 is 0. The minimum Gasteiger partial charge on any atom is -0.353 e. The molecule has 2 aromatic rings. The number of hydrogen-bond acceptors (Lipinski definition) is 6. The Bertz CT molecular complexity index is 710. The van der Waals surface area contributed by atoms with Gasteiger partial charge in [0.2, 0.25) is 5.91 Å². The molecule has 2 aromatic heterocycles.